The molecule has 0 bridgehead atoms. The van der Waals surface area contributed by atoms with Crippen LogP contribution in [0.1, 0.15) is 38.5 Å². The molecule has 2 saturated heterocycles. The Morgan fingerprint density at radius 1 is 0.733 bits per heavy atom. The van der Waals surface area contributed by atoms with E-state index in [1.807, 2.05) is 12.2 Å². The summed E-state index contributed by atoms with van der Waals surface area (Å²) in [6, 6.07) is 0. The van der Waals surface area contributed by atoms with Gasteiger partial charge in [0.2, 0.25) is 12.2 Å². The highest BCUT2D eigenvalue weighted by molar-refractivity contribution is 5.80. The van der Waals surface area contributed by atoms with E-state index >= 15 is 0 Å². The van der Waals surface area contributed by atoms with Crippen LogP contribution in [0.5, 0.6) is 0 Å². The number of cyclic esters (lactones) is 4. The van der Waals surface area contributed by atoms with E-state index in [2.05, 4.69) is 18.9 Å². The van der Waals surface area contributed by atoms with Crippen molar-refractivity contribution in [2.24, 2.45) is 0 Å². The van der Waals surface area contributed by atoms with Crippen molar-refractivity contribution in [3.05, 3.63) is 24.3 Å². The van der Waals surface area contributed by atoms with E-state index in [-0.39, 0.29) is 26.4 Å². The molecule has 0 saturated carbocycles. The van der Waals surface area contributed by atoms with Crippen LogP contribution in [0, 0.1) is 0 Å². The molecule has 2 aliphatic rings. The molecule has 0 spiro atoms. The van der Waals surface area contributed by atoms with E-state index in [0.717, 1.165) is 38.5 Å². The molecule has 0 aromatic carbocycles. The van der Waals surface area contributed by atoms with Gasteiger partial charge in [-0.25, -0.2) is 19.2 Å². The number of carbonyl (C=O) groups is 4. The number of rotatable bonds is 13. The number of unbranched alkanes of at least 4 members (excludes halogenated alkanes) is 5. The Labute approximate surface area is 174 Å². The Morgan fingerprint density at radius 3 is 1.53 bits per heavy atom. The third-order valence-electron chi connectivity index (χ3n) is 4.18. The zero-order chi connectivity index (χ0) is 21.6. The first-order chi connectivity index (χ1) is 14.6. The fourth-order valence-electron chi connectivity index (χ4n) is 2.58. The second kappa shape index (κ2) is 13.2. The SMILES string of the molecule is O=C1OCC(C(=O)OC/C=C/CCCCCC/C=C/COC(=O)C2COC(=O)O2)O1. The predicted molar refractivity (Wildman–Crippen MR) is 100 cm³/mol. The van der Waals surface area contributed by atoms with Gasteiger partial charge in [0.25, 0.3) is 0 Å². The molecule has 30 heavy (non-hydrogen) atoms. The van der Waals surface area contributed by atoms with Crippen LogP contribution in [0.3, 0.4) is 0 Å². The average Bonchev–Trinajstić information content (AvgIpc) is 3.36. The number of esters is 2. The molecule has 0 aromatic heterocycles. The maximum absolute atomic E-state index is 11.5. The topological polar surface area (TPSA) is 124 Å². The predicted octanol–water partition coefficient (Wildman–Crippen LogP) is 2.60. The second-order valence-electron chi connectivity index (χ2n) is 6.53. The summed E-state index contributed by atoms with van der Waals surface area (Å²) < 4.78 is 28.2. The molecule has 0 aromatic rings. The van der Waals surface area contributed by atoms with Gasteiger partial charge >= 0.3 is 24.2 Å². The van der Waals surface area contributed by atoms with Crippen molar-refractivity contribution in [1.29, 1.82) is 0 Å². The summed E-state index contributed by atoms with van der Waals surface area (Å²) in [5, 5.41) is 0. The Hall–Kier alpha value is -3.04. The first-order valence-corrected chi connectivity index (χ1v) is 9.86. The standard InChI is InChI=1S/C20H26O10/c21-17(15-13-27-19(23)29-15)25-11-9-7-5-3-1-2-4-6-8-10-12-26-18(22)16-14-28-20(24)30-16/h7-10,15-16H,1-6,11-14H2/b9-7+,10-8+. The monoisotopic (exact) mass is 426 g/mol. The fourth-order valence-corrected chi connectivity index (χ4v) is 2.58. The van der Waals surface area contributed by atoms with Gasteiger partial charge < -0.3 is 28.4 Å². The molecule has 166 valence electrons. The molecule has 0 aliphatic carbocycles. The minimum absolute atomic E-state index is 0.102. The molecule has 2 fully saturated rings. The van der Waals surface area contributed by atoms with Crippen molar-refractivity contribution in [3.8, 4) is 0 Å². The molecule has 2 unspecified atom stereocenters. The quantitative estimate of drug-likeness (QED) is 0.188. The number of allylic oxidation sites excluding steroid dienone is 2. The summed E-state index contributed by atoms with van der Waals surface area (Å²) >= 11 is 0. The Morgan fingerprint density at radius 2 is 1.17 bits per heavy atom. The first kappa shape index (κ1) is 23.2. The van der Waals surface area contributed by atoms with Gasteiger partial charge in [-0.2, -0.15) is 0 Å². The van der Waals surface area contributed by atoms with Crippen molar-refractivity contribution in [2.75, 3.05) is 26.4 Å². The highest BCUT2D eigenvalue weighted by Crippen LogP contribution is 2.09. The molecule has 2 rings (SSSR count). The second-order valence-corrected chi connectivity index (χ2v) is 6.53. The minimum atomic E-state index is -0.964. The van der Waals surface area contributed by atoms with Crippen molar-refractivity contribution >= 4 is 24.2 Å². The molecule has 0 amide bonds. The molecular formula is C20H26O10. The lowest BCUT2D eigenvalue weighted by Crippen LogP contribution is -2.25. The van der Waals surface area contributed by atoms with Crippen LogP contribution in [0.15, 0.2) is 24.3 Å². The van der Waals surface area contributed by atoms with E-state index in [1.165, 1.54) is 0 Å². The van der Waals surface area contributed by atoms with Crippen LogP contribution < -0.4 is 0 Å². The maximum atomic E-state index is 11.5. The summed E-state index contributed by atoms with van der Waals surface area (Å²) in [5.74, 6) is -1.21. The molecule has 10 heteroatoms. The number of hydrogen-bond donors (Lipinski definition) is 0. The van der Waals surface area contributed by atoms with Gasteiger partial charge in [-0.3, -0.25) is 0 Å². The number of carbonyl (C=O) groups excluding carboxylic acids is 4. The zero-order valence-electron chi connectivity index (χ0n) is 16.6. The van der Waals surface area contributed by atoms with E-state index < -0.39 is 36.5 Å². The molecule has 0 N–H and O–H groups in total. The molecule has 2 aliphatic heterocycles. The van der Waals surface area contributed by atoms with E-state index in [9.17, 15) is 19.2 Å². The molecule has 2 atom stereocenters. The minimum Gasteiger partial charge on any atom is -0.459 e. The Bertz CT molecular complexity index is 598. The maximum Gasteiger partial charge on any atom is 0.509 e. The smallest absolute Gasteiger partial charge is 0.459 e. The molecule has 0 radical (unpaired) electrons. The highest BCUT2D eigenvalue weighted by atomic mass is 16.8. The van der Waals surface area contributed by atoms with Gasteiger partial charge in [-0.1, -0.05) is 37.1 Å². The van der Waals surface area contributed by atoms with Crippen molar-refractivity contribution in [2.45, 2.75) is 50.7 Å². The molecular weight excluding hydrogens is 400 g/mol. The first-order valence-electron chi connectivity index (χ1n) is 9.86. The summed E-state index contributed by atoms with van der Waals surface area (Å²) in [4.78, 5) is 44.5. The van der Waals surface area contributed by atoms with Gasteiger partial charge in [-0.05, 0) is 25.7 Å². The van der Waals surface area contributed by atoms with Crippen molar-refractivity contribution in [3.63, 3.8) is 0 Å². The van der Waals surface area contributed by atoms with E-state index in [1.54, 1.807) is 12.2 Å². The van der Waals surface area contributed by atoms with E-state index in [4.69, 9.17) is 9.47 Å². The fraction of sp³-hybridized carbons (Fsp3) is 0.600. The van der Waals surface area contributed by atoms with Gasteiger partial charge in [0, 0.05) is 0 Å². The Kier molecular flexibility index (Phi) is 10.3. The normalized spacial score (nSPS) is 20.7. The summed E-state index contributed by atoms with van der Waals surface area (Å²) in [6.45, 7) is 0.0698. The van der Waals surface area contributed by atoms with Crippen molar-refractivity contribution < 1.29 is 47.6 Å². The average molecular weight is 426 g/mol. The van der Waals surface area contributed by atoms with Gasteiger partial charge in [0.05, 0.1) is 0 Å². The van der Waals surface area contributed by atoms with Crippen LogP contribution in [0.4, 0.5) is 9.59 Å². The summed E-state index contributed by atoms with van der Waals surface area (Å²) in [7, 11) is 0. The molecule has 2 heterocycles. The lowest BCUT2D eigenvalue weighted by atomic mass is 10.1. The highest BCUT2D eigenvalue weighted by Gasteiger charge is 2.33. The third-order valence-corrected chi connectivity index (χ3v) is 4.18. The lowest BCUT2D eigenvalue weighted by Gasteiger charge is -2.05. The largest absolute Gasteiger partial charge is 0.509 e. The van der Waals surface area contributed by atoms with Crippen LogP contribution in [0.2, 0.25) is 0 Å². The summed E-state index contributed by atoms with van der Waals surface area (Å²) in [5.41, 5.74) is 0. The third kappa shape index (κ3) is 8.97. The summed E-state index contributed by atoms with van der Waals surface area (Å²) in [6.07, 6.45) is 9.79. The van der Waals surface area contributed by atoms with Crippen molar-refractivity contribution in [1.82, 2.24) is 0 Å². The zero-order valence-corrected chi connectivity index (χ0v) is 16.6. The van der Waals surface area contributed by atoms with Crippen LogP contribution in [0.25, 0.3) is 0 Å². The van der Waals surface area contributed by atoms with E-state index in [0.29, 0.717) is 0 Å². The number of hydrogen-bond acceptors (Lipinski definition) is 10. The Balaban J connectivity index is 1.36. The van der Waals surface area contributed by atoms with Gasteiger partial charge in [0.15, 0.2) is 0 Å². The van der Waals surface area contributed by atoms with Crippen LogP contribution in [-0.2, 0) is 38.0 Å². The molecule has 10 nitrogen and oxygen atoms in total. The lowest BCUT2D eigenvalue weighted by molar-refractivity contribution is -0.151. The van der Waals surface area contributed by atoms with Gasteiger partial charge in [0.1, 0.15) is 26.4 Å². The van der Waals surface area contributed by atoms with Gasteiger partial charge in [-0.15, -0.1) is 0 Å². The number of ether oxygens (including phenoxy) is 6. The van der Waals surface area contributed by atoms with Crippen LogP contribution in [-0.4, -0.2) is 62.9 Å². The van der Waals surface area contributed by atoms with Crippen LogP contribution >= 0.6 is 0 Å².